The summed E-state index contributed by atoms with van der Waals surface area (Å²) in [6.07, 6.45) is 10.8. The third-order valence-corrected chi connectivity index (χ3v) is 11.9. The van der Waals surface area contributed by atoms with E-state index in [1.54, 1.807) is 25.3 Å². The lowest BCUT2D eigenvalue weighted by molar-refractivity contribution is 0.0133. The summed E-state index contributed by atoms with van der Waals surface area (Å²) in [7, 11) is -1.82. The number of aromatic nitrogens is 3. The van der Waals surface area contributed by atoms with Crippen LogP contribution in [-0.4, -0.2) is 63.1 Å². The molecule has 1 unspecified atom stereocenters. The molecule has 262 valence electrons. The molecule has 6 rings (SSSR count). The van der Waals surface area contributed by atoms with Crippen LogP contribution in [0.5, 0.6) is 5.75 Å². The second kappa shape index (κ2) is 15.4. The van der Waals surface area contributed by atoms with Crippen molar-refractivity contribution in [1.82, 2.24) is 19.7 Å². The summed E-state index contributed by atoms with van der Waals surface area (Å²) in [6.45, 7) is 6.10. The number of halogens is 1. The van der Waals surface area contributed by atoms with Gasteiger partial charge in [0.25, 0.3) is 11.8 Å². The van der Waals surface area contributed by atoms with E-state index in [9.17, 15) is 13.8 Å². The van der Waals surface area contributed by atoms with Gasteiger partial charge in [0, 0.05) is 30.8 Å². The molecular weight excluding hydrogens is 664 g/mol. The molecule has 1 saturated carbocycles. The topological polar surface area (TPSA) is 128 Å². The maximum Gasteiger partial charge on any atom is 0.286 e. The van der Waals surface area contributed by atoms with Gasteiger partial charge in [-0.1, -0.05) is 36.7 Å². The lowest BCUT2D eigenvalue weighted by Crippen LogP contribution is -2.43. The van der Waals surface area contributed by atoms with E-state index >= 15 is 0 Å². The van der Waals surface area contributed by atoms with Crippen LogP contribution in [0.1, 0.15) is 77.9 Å². The van der Waals surface area contributed by atoms with Crippen molar-refractivity contribution in [3.63, 3.8) is 0 Å². The van der Waals surface area contributed by atoms with Crippen molar-refractivity contribution in [3.8, 4) is 5.75 Å². The molecule has 3 heterocycles. The van der Waals surface area contributed by atoms with Gasteiger partial charge in [0.1, 0.15) is 15.7 Å². The number of ether oxygens (including phenoxy) is 2. The zero-order valence-corrected chi connectivity index (χ0v) is 29.9. The minimum atomic E-state index is -3.57. The average molecular weight is 709 g/mol. The summed E-state index contributed by atoms with van der Waals surface area (Å²) in [5, 5.41) is 8.92. The minimum Gasteiger partial charge on any atom is -0.491 e. The molecule has 11 nitrogen and oxygen atoms in total. The van der Waals surface area contributed by atoms with Gasteiger partial charge in [-0.05, 0) is 105 Å². The number of allylic oxidation sites excluding steroid dienone is 1. The highest BCUT2D eigenvalue weighted by Crippen LogP contribution is 2.42. The Labute approximate surface area is 293 Å². The van der Waals surface area contributed by atoms with E-state index in [1.165, 1.54) is 22.1 Å². The standard InChI is InChI=1S/C36H45ClN6O5S/c1-4-43-38-20-31(39-43)36(45)41-49(46)23-24(2)8-7-10-33(47-3)30-15-12-28(30)22-42-21-27-11-14-29(37)18-25(27)9-5-6-17-48-34-16-13-26(19-32(34)42)35(44)40-49/h7,10-11,13-14,16,18-20,24,28,30,33H,4-6,8-9,12,15,17,21-23H2,1-3H3,(H,40,41,44,45,46)/b10-7+/t24-,28-,30+,33-,49?/m0/s1. The fraction of sp³-hybridized carbons (Fsp3) is 0.500. The molecule has 1 fully saturated rings. The van der Waals surface area contributed by atoms with Crippen LogP contribution >= 0.6 is 11.6 Å². The van der Waals surface area contributed by atoms with Crippen LogP contribution in [0.3, 0.4) is 0 Å². The first-order valence-corrected chi connectivity index (χ1v) is 19.2. The van der Waals surface area contributed by atoms with E-state index in [2.05, 4.69) is 48.5 Å². The molecule has 2 amide bonds. The van der Waals surface area contributed by atoms with E-state index in [-0.39, 0.29) is 29.0 Å². The Morgan fingerprint density at radius 1 is 1.16 bits per heavy atom. The Hall–Kier alpha value is -3.74. The quantitative estimate of drug-likeness (QED) is 0.315. The van der Waals surface area contributed by atoms with Gasteiger partial charge in [-0.3, -0.25) is 14.3 Å². The second-order valence-corrected chi connectivity index (χ2v) is 15.7. The highest BCUT2D eigenvalue weighted by Gasteiger charge is 2.38. The number of amides is 2. The zero-order chi connectivity index (χ0) is 34.5. The largest absolute Gasteiger partial charge is 0.491 e. The van der Waals surface area contributed by atoms with E-state index in [0.717, 1.165) is 44.3 Å². The SMILES string of the molecule is CCn1ncc(C(=O)NS2(=O)=NC(=O)c3ccc4c(c3)N(Cc3ccc(Cl)cc3CCCCO4)C[C@@H]3CC[C@H]3[C@@H](OC)/C=C/C[C@H](C)C2)n1. The molecule has 49 heavy (non-hydrogen) atoms. The van der Waals surface area contributed by atoms with Crippen molar-refractivity contribution in [3.05, 3.63) is 82.2 Å². The third-order valence-electron chi connectivity index (χ3n) is 9.71. The van der Waals surface area contributed by atoms with Gasteiger partial charge in [0.2, 0.25) is 0 Å². The van der Waals surface area contributed by atoms with Crippen LogP contribution in [-0.2, 0) is 34.2 Å². The summed E-state index contributed by atoms with van der Waals surface area (Å²) in [6, 6.07) is 11.3. The minimum absolute atomic E-state index is 0.00302. The van der Waals surface area contributed by atoms with Crippen molar-refractivity contribution in [2.24, 2.45) is 22.1 Å². The molecule has 1 aliphatic carbocycles. The normalized spacial score (nSPS) is 26.9. The number of aryl methyl sites for hydroxylation is 2. The molecule has 5 atom stereocenters. The monoisotopic (exact) mass is 708 g/mol. The van der Waals surface area contributed by atoms with Crippen LogP contribution in [0.25, 0.3) is 0 Å². The molecular formula is C36H45ClN6O5S. The number of rotatable bonds is 4. The van der Waals surface area contributed by atoms with Gasteiger partial charge < -0.3 is 14.4 Å². The molecule has 2 bridgehead atoms. The maximum absolute atomic E-state index is 14.4. The highest BCUT2D eigenvalue weighted by atomic mass is 35.5. The third kappa shape index (κ3) is 8.36. The number of fused-ring (bicyclic) bond motifs is 3. The number of hydrogen-bond donors (Lipinski definition) is 1. The molecule has 0 radical (unpaired) electrons. The van der Waals surface area contributed by atoms with Crippen molar-refractivity contribution >= 4 is 39.0 Å². The summed E-state index contributed by atoms with van der Waals surface area (Å²) in [4.78, 5) is 30.8. The highest BCUT2D eigenvalue weighted by molar-refractivity contribution is 7.92. The van der Waals surface area contributed by atoms with Gasteiger partial charge in [-0.2, -0.15) is 9.90 Å². The molecule has 13 heteroatoms. The molecule has 3 aliphatic rings. The molecule has 0 spiro atoms. The number of nitrogens with zero attached hydrogens (tertiary/aromatic N) is 5. The van der Waals surface area contributed by atoms with E-state index in [1.807, 2.05) is 19.9 Å². The predicted octanol–water partition coefficient (Wildman–Crippen LogP) is 6.26. The number of carbonyl (C=O) groups excluding carboxylic acids is 2. The van der Waals surface area contributed by atoms with Crippen molar-refractivity contribution < 1.29 is 23.3 Å². The first kappa shape index (κ1) is 35.1. The van der Waals surface area contributed by atoms with Crippen molar-refractivity contribution in [2.75, 3.05) is 30.9 Å². The Morgan fingerprint density at radius 3 is 2.78 bits per heavy atom. The van der Waals surface area contributed by atoms with Crippen LogP contribution in [0, 0.1) is 17.8 Å². The zero-order valence-electron chi connectivity index (χ0n) is 28.3. The molecule has 2 aromatic carbocycles. The lowest BCUT2D eigenvalue weighted by Gasteiger charge is -2.43. The fourth-order valence-electron chi connectivity index (χ4n) is 6.93. The Morgan fingerprint density at radius 2 is 2.02 bits per heavy atom. The molecule has 0 saturated heterocycles. The first-order chi connectivity index (χ1) is 23.6. The van der Waals surface area contributed by atoms with E-state index < -0.39 is 21.7 Å². The number of nitrogens with one attached hydrogen (secondary N) is 1. The molecule has 1 N–H and O–H groups in total. The van der Waals surface area contributed by atoms with Gasteiger partial charge >= 0.3 is 0 Å². The van der Waals surface area contributed by atoms with Crippen LogP contribution < -0.4 is 14.4 Å². The van der Waals surface area contributed by atoms with Crippen molar-refractivity contribution in [1.29, 1.82) is 0 Å². The van der Waals surface area contributed by atoms with Gasteiger partial charge in [-0.25, -0.2) is 4.21 Å². The maximum atomic E-state index is 14.4. The van der Waals surface area contributed by atoms with E-state index in [0.29, 0.717) is 48.7 Å². The average Bonchev–Trinajstić information content (AvgIpc) is 3.54. The number of anilines is 1. The Bertz CT molecular complexity index is 1840. The fourth-order valence-corrected chi connectivity index (χ4v) is 9.00. The first-order valence-electron chi connectivity index (χ1n) is 17.1. The van der Waals surface area contributed by atoms with E-state index in [4.69, 9.17) is 21.1 Å². The van der Waals surface area contributed by atoms with Crippen LogP contribution in [0.2, 0.25) is 5.02 Å². The van der Waals surface area contributed by atoms with Crippen molar-refractivity contribution in [2.45, 2.75) is 71.6 Å². The number of methoxy groups -OCH3 is 1. The Kier molecular flexibility index (Phi) is 11.1. The summed E-state index contributed by atoms with van der Waals surface area (Å²) >= 11 is 6.45. The lowest BCUT2D eigenvalue weighted by atomic mass is 9.70. The number of hydrogen-bond acceptors (Lipinski definition) is 8. The molecule has 2 aliphatic heterocycles. The number of benzene rings is 2. The van der Waals surface area contributed by atoms with Crippen LogP contribution in [0.15, 0.2) is 59.1 Å². The smallest absolute Gasteiger partial charge is 0.286 e. The number of carbonyl (C=O) groups is 2. The van der Waals surface area contributed by atoms with Gasteiger partial charge in [-0.15, -0.1) is 9.46 Å². The summed E-state index contributed by atoms with van der Waals surface area (Å²) in [5.41, 5.74) is 3.41. The summed E-state index contributed by atoms with van der Waals surface area (Å²) < 4.78 is 33.6. The van der Waals surface area contributed by atoms with Crippen LogP contribution in [0.4, 0.5) is 5.69 Å². The predicted molar refractivity (Wildman–Crippen MR) is 190 cm³/mol. The molecule has 3 aromatic rings. The van der Waals surface area contributed by atoms with Gasteiger partial charge in [0.15, 0.2) is 5.69 Å². The Balaban J connectivity index is 1.44. The summed E-state index contributed by atoms with van der Waals surface area (Å²) in [5.74, 6) is -0.222. The second-order valence-electron chi connectivity index (χ2n) is 13.3. The molecule has 1 aromatic heterocycles. The van der Waals surface area contributed by atoms with Gasteiger partial charge in [0.05, 0.1) is 36.9 Å².